The van der Waals surface area contributed by atoms with E-state index in [1.807, 2.05) is 18.2 Å². The van der Waals surface area contributed by atoms with Crippen LogP contribution in [0.25, 0.3) is 0 Å². The molecular weight excluding hydrogens is 406 g/mol. The molecule has 1 fully saturated rings. The number of hydrogen-bond acceptors (Lipinski definition) is 6. The average Bonchev–Trinajstić information content (AvgIpc) is 3.10. The van der Waals surface area contributed by atoms with Crippen molar-refractivity contribution in [1.82, 2.24) is 15.2 Å². The molecule has 1 aromatic heterocycles. The van der Waals surface area contributed by atoms with Crippen molar-refractivity contribution >= 4 is 17.5 Å². The lowest BCUT2D eigenvalue weighted by atomic mass is 9.87. The Bertz CT molecular complexity index is 915. The highest BCUT2D eigenvalue weighted by Gasteiger charge is 2.42. The van der Waals surface area contributed by atoms with Crippen LogP contribution in [0.4, 0.5) is 0 Å². The van der Waals surface area contributed by atoms with Crippen molar-refractivity contribution in [2.75, 3.05) is 33.3 Å². The van der Waals surface area contributed by atoms with Gasteiger partial charge in [0.1, 0.15) is 29.8 Å². The molecule has 3 heterocycles. The second-order valence-electron chi connectivity index (χ2n) is 7.93. The summed E-state index contributed by atoms with van der Waals surface area (Å²) in [6.45, 7) is 2.28. The Morgan fingerprint density at radius 1 is 1.40 bits per heavy atom. The quantitative estimate of drug-likeness (QED) is 0.730. The van der Waals surface area contributed by atoms with E-state index >= 15 is 0 Å². The lowest BCUT2D eigenvalue weighted by Gasteiger charge is -2.39. The van der Waals surface area contributed by atoms with Gasteiger partial charge < -0.3 is 24.8 Å². The summed E-state index contributed by atoms with van der Waals surface area (Å²) in [5.74, 6) is 1.05. The first-order valence-corrected chi connectivity index (χ1v) is 10.5. The molecule has 2 N–H and O–H groups in total. The lowest BCUT2D eigenvalue weighted by molar-refractivity contribution is -0.00202. The largest absolute Gasteiger partial charge is 0.488 e. The van der Waals surface area contributed by atoms with Crippen molar-refractivity contribution in [1.29, 1.82) is 0 Å². The van der Waals surface area contributed by atoms with Gasteiger partial charge in [0, 0.05) is 57.2 Å². The van der Waals surface area contributed by atoms with Crippen molar-refractivity contribution in [3.8, 4) is 11.5 Å². The van der Waals surface area contributed by atoms with Gasteiger partial charge in [-0.1, -0.05) is 11.6 Å². The van der Waals surface area contributed by atoms with Crippen LogP contribution in [0.1, 0.15) is 28.8 Å². The molecule has 7 nitrogen and oxygen atoms in total. The van der Waals surface area contributed by atoms with E-state index in [1.165, 1.54) is 18.0 Å². The molecule has 160 valence electrons. The zero-order valence-electron chi connectivity index (χ0n) is 16.9. The second kappa shape index (κ2) is 8.79. The third-order valence-corrected chi connectivity index (χ3v) is 6.02. The number of carbonyl (C=O) groups is 1. The van der Waals surface area contributed by atoms with Gasteiger partial charge in [-0.3, -0.25) is 9.78 Å². The molecule has 0 saturated carbocycles. The van der Waals surface area contributed by atoms with E-state index in [2.05, 4.69) is 15.2 Å². The normalized spacial score (nSPS) is 18.5. The number of hydrogen-bond donors (Lipinski definition) is 2. The lowest BCUT2D eigenvalue weighted by Crippen LogP contribution is -2.49. The summed E-state index contributed by atoms with van der Waals surface area (Å²) in [4.78, 5) is 18.1. The van der Waals surface area contributed by atoms with Crippen LogP contribution >= 0.6 is 11.6 Å². The van der Waals surface area contributed by atoms with Crippen LogP contribution in [-0.4, -0.2) is 65.9 Å². The predicted molar refractivity (Wildman–Crippen MR) is 113 cm³/mol. The maximum Gasteiger partial charge on any atom is 0.254 e. The van der Waals surface area contributed by atoms with E-state index in [4.69, 9.17) is 21.1 Å². The minimum Gasteiger partial charge on any atom is -0.488 e. The van der Waals surface area contributed by atoms with E-state index in [0.29, 0.717) is 17.9 Å². The standard InChI is InChI=1S/C22H26ClN3O4/c1-24-21(28)18-4-7-25-12-20(18)29-14-17(27)13-26-8-5-22(6-9-26)11-15-10-16(23)2-3-19(15)30-22/h2-4,7,10,12,17,27H,5-6,8-9,11,13-14H2,1H3,(H,24,28)/t17-/m1/s1. The zero-order chi connectivity index (χ0) is 21.1. The van der Waals surface area contributed by atoms with E-state index < -0.39 is 6.10 Å². The van der Waals surface area contributed by atoms with Gasteiger partial charge in [-0.15, -0.1) is 0 Å². The zero-order valence-corrected chi connectivity index (χ0v) is 17.7. The third kappa shape index (κ3) is 4.53. The fourth-order valence-electron chi connectivity index (χ4n) is 4.18. The van der Waals surface area contributed by atoms with Gasteiger partial charge in [0.25, 0.3) is 5.91 Å². The van der Waals surface area contributed by atoms with Crippen LogP contribution in [0.3, 0.4) is 0 Å². The number of nitrogens with one attached hydrogen (secondary N) is 1. The number of rotatable bonds is 6. The monoisotopic (exact) mass is 431 g/mol. The SMILES string of the molecule is CNC(=O)c1ccncc1OC[C@H](O)CN1CCC2(CC1)Cc1cc(Cl)ccc1O2. The molecule has 1 aromatic carbocycles. The number of β-amino-alcohol motifs (C(OH)–C–C–N with tert-alkyl or cyclic N) is 1. The summed E-state index contributed by atoms with van der Waals surface area (Å²) in [7, 11) is 1.56. The first-order chi connectivity index (χ1) is 14.5. The van der Waals surface area contributed by atoms with E-state index in [1.54, 1.807) is 13.1 Å². The minimum atomic E-state index is -0.669. The van der Waals surface area contributed by atoms with Gasteiger partial charge in [-0.05, 0) is 29.8 Å². The number of piperidine rings is 1. The maximum absolute atomic E-state index is 11.9. The smallest absolute Gasteiger partial charge is 0.254 e. The van der Waals surface area contributed by atoms with Crippen LogP contribution in [0.2, 0.25) is 5.02 Å². The molecule has 1 spiro atoms. The molecule has 4 rings (SSSR count). The topological polar surface area (TPSA) is 83.9 Å². The molecule has 30 heavy (non-hydrogen) atoms. The number of nitrogens with zero attached hydrogens (tertiary/aromatic N) is 2. The number of likely N-dealkylation sites (tertiary alicyclic amines) is 1. The Morgan fingerprint density at radius 2 is 2.20 bits per heavy atom. The van der Waals surface area contributed by atoms with Crippen molar-refractivity contribution in [3.05, 3.63) is 52.8 Å². The number of fused-ring (bicyclic) bond motifs is 1. The third-order valence-electron chi connectivity index (χ3n) is 5.79. The van der Waals surface area contributed by atoms with Crippen LogP contribution in [0.5, 0.6) is 11.5 Å². The molecule has 1 atom stereocenters. The van der Waals surface area contributed by atoms with Gasteiger partial charge in [0.2, 0.25) is 0 Å². The highest BCUT2D eigenvalue weighted by Crippen LogP contribution is 2.41. The number of aliphatic hydroxyl groups is 1. The molecule has 2 aliphatic heterocycles. The summed E-state index contributed by atoms with van der Waals surface area (Å²) in [5.41, 5.74) is 1.41. The van der Waals surface area contributed by atoms with Gasteiger partial charge in [0.05, 0.1) is 11.8 Å². The molecule has 0 aliphatic carbocycles. The number of amides is 1. The number of ether oxygens (including phenoxy) is 2. The number of carbonyl (C=O) groups excluding carboxylic acids is 1. The average molecular weight is 432 g/mol. The number of halogens is 1. The Balaban J connectivity index is 1.27. The Morgan fingerprint density at radius 3 is 2.97 bits per heavy atom. The summed E-state index contributed by atoms with van der Waals surface area (Å²) < 4.78 is 12.0. The first kappa shape index (κ1) is 20.9. The predicted octanol–water partition coefficient (Wildman–Crippen LogP) is 2.30. The van der Waals surface area contributed by atoms with E-state index in [0.717, 1.165) is 43.1 Å². The molecule has 0 radical (unpaired) electrons. The first-order valence-electron chi connectivity index (χ1n) is 10.1. The fourth-order valence-corrected chi connectivity index (χ4v) is 4.37. The Hall–Kier alpha value is -2.35. The molecule has 1 amide bonds. The summed E-state index contributed by atoms with van der Waals surface area (Å²) in [6, 6.07) is 7.40. The van der Waals surface area contributed by atoms with Crippen molar-refractivity contribution in [2.45, 2.75) is 31.0 Å². The molecule has 2 aromatic rings. The number of aromatic nitrogens is 1. The second-order valence-corrected chi connectivity index (χ2v) is 8.37. The molecule has 0 bridgehead atoms. The van der Waals surface area contributed by atoms with Crippen molar-refractivity contribution in [2.24, 2.45) is 0 Å². The fraction of sp³-hybridized carbons (Fsp3) is 0.455. The number of aliphatic hydroxyl groups excluding tert-OH is 1. The molecule has 8 heteroatoms. The van der Waals surface area contributed by atoms with Crippen LogP contribution in [-0.2, 0) is 6.42 Å². The van der Waals surface area contributed by atoms with Crippen molar-refractivity contribution in [3.63, 3.8) is 0 Å². The Labute approximate surface area is 181 Å². The van der Waals surface area contributed by atoms with Gasteiger partial charge >= 0.3 is 0 Å². The molecule has 0 unspecified atom stereocenters. The van der Waals surface area contributed by atoms with Crippen LogP contribution < -0.4 is 14.8 Å². The van der Waals surface area contributed by atoms with Gasteiger partial charge in [0.15, 0.2) is 0 Å². The summed E-state index contributed by atoms with van der Waals surface area (Å²) >= 11 is 6.11. The van der Waals surface area contributed by atoms with E-state index in [-0.39, 0.29) is 18.1 Å². The van der Waals surface area contributed by atoms with Crippen LogP contribution in [0, 0.1) is 0 Å². The molecule has 2 aliphatic rings. The van der Waals surface area contributed by atoms with Gasteiger partial charge in [-0.25, -0.2) is 0 Å². The van der Waals surface area contributed by atoms with Gasteiger partial charge in [-0.2, -0.15) is 0 Å². The molecular formula is C22H26ClN3O4. The highest BCUT2D eigenvalue weighted by molar-refractivity contribution is 6.30. The summed E-state index contributed by atoms with van der Waals surface area (Å²) in [6.07, 6.45) is 5.04. The highest BCUT2D eigenvalue weighted by atomic mass is 35.5. The molecule has 1 saturated heterocycles. The van der Waals surface area contributed by atoms with Crippen LogP contribution in [0.15, 0.2) is 36.7 Å². The maximum atomic E-state index is 11.9. The van der Waals surface area contributed by atoms with Crippen molar-refractivity contribution < 1.29 is 19.4 Å². The number of pyridine rings is 1. The minimum absolute atomic E-state index is 0.0950. The summed E-state index contributed by atoms with van der Waals surface area (Å²) in [5, 5.41) is 13.8. The van der Waals surface area contributed by atoms with E-state index in [9.17, 15) is 9.90 Å². The Kier molecular flexibility index (Phi) is 6.13. The number of benzene rings is 1.